The van der Waals surface area contributed by atoms with Crippen molar-refractivity contribution in [3.63, 3.8) is 0 Å². The van der Waals surface area contributed by atoms with Crippen molar-refractivity contribution in [2.75, 3.05) is 11.9 Å². The third-order valence-electron chi connectivity index (χ3n) is 6.99. The Balaban J connectivity index is 1.28. The molecule has 6 rings (SSSR count). The number of aromatic nitrogens is 6. The van der Waals surface area contributed by atoms with E-state index in [2.05, 4.69) is 41.4 Å². The first-order chi connectivity index (χ1) is 19.7. The number of carbonyl (C=O) groups excluding carboxylic acids is 3. The Morgan fingerprint density at radius 1 is 1.07 bits per heavy atom. The van der Waals surface area contributed by atoms with Crippen molar-refractivity contribution in [2.45, 2.75) is 39.0 Å². The Morgan fingerprint density at radius 3 is 2.66 bits per heavy atom. The van der Waals surface area contributed by atoms with Gasteiger partial charge in [-0.05, 0) is 70.4 Å². The quantitative estimate of drug-likeness (QED) is 0.225. The van der Waals surface area contributed by atoms with E-state index in [-0.39, 0.29) is 36.8 Å². The molecule has 0 radical (unpaired) electrons. The molecule has 11 nitrogen and oxygen atoms in total. The highest BCUT2D eigenvalue weighted by molar-refractivity contribution is 9.10. The minimum absolute atomic E-state index is 0.122. The molecule has 1 saturated heterocycles. The van der Waals surface area contributed by atoms with Gasteiger partial charge >= 0.3 is 0 Å². The lowest BCUT2D eigenvalue weighted by molar-refractivity contribution is -0.137. The summed E-state index contributed by atoms with van der Waals surface area (Å²) in [4.78, 5) is 48.7. The topological polar surface area (TPSA) is 127 Å². The number of fused-ring (bicyclic) bond motifs is 2. The predicted molar refractivity (Wildman–Crippen MR) is 152 cm³/mol. The molecular weight excluding hydrogens is 595 g/mol. The van der Waals surface area contributed by atoms with Crippen LogP contribution in [0, 0.1) is 6.92 Å². The molecule has 0 saturated carbocycles. The summed E-state index contributed by atoms with van der Waals surface area (Å²) in [6, 6.07) is 13.3. The van der Waals surface area contributed by atoms with Gasteiger partial charge in [0.25, 0.3) is 0 Å². The van der Waals surface area contributed by atoms with Crippen LogP contribution in [-0.4, -0.2) is 70.6 Å². The predicted octanol–water partition coefficient (Wildman–Crippen LogP) is 3.99. The number of benzene rings is 1. The molecule has 4 aromatic heterocycles. The molecular formula is C28H24BrFN8O3. The number of likely N-dealkylation sites (tertiary alicyclic amines) is 1. The fourth-order valence-corrected chi connectivity index (χ4v) is 5.47. The van der Waals surface area contributed by atoms with Gasteiger partial charge in [-0.1, -0.05) is 12.1 Å². The maximum absolute atomic E-state index is 14.5. The van der Waals surface area contributed by atoms with Crippen LogP contribution in [0.4, 0.5) is 10.2 Å². The van der Waals surface area contributed by atoms with E-state index >= 15 is 0 Å². The number of nitrogens with zero attached hydrogens (tertiary/aromatic N) is 7. The summed E-state index contributed by atoms with van der Waals surface area (Å²) in [5.74, 6) is -0.320. The van der Waals surface area contributed by atoms with Gasteiger partial charge < -0.3 is 10.2 Å². The number of pyridine rings is 2. The summed E-state index contributed by atoms with van der Waals surface area (Å²) in [6.07, 6.45) is 0.348. The number of aryl methyl sites for hydroxylation is 1. The zero-order valence-corrected chi connectivity index (χ0v) is 23.7. The highest BCUT2D eigenvalue weighted by Crippen LogP contribution is 2.29. The SMILES string of the molecule is CC(=O)c1nn(CC(=O)N2C[C@H](F)C[C@H]2C(=O)Nc2cccc(Br)n2)c2ccc(-c3ccn4nc(C)nc4c3)cc12. The molecule has 0 bridgehead atoms. The average Bonchev–Trinajstić information content (AvgIpc) is 3.62. The molecule has 0 unspecified atom stereocenters. The fourth-order valence-electron chi connectivity index (χ4n) is 5.13. The second kappa shape index (κ2) is 10.5. The summed E-state index contributed by atoms with van der Waals surface area (Å²) in [5.41, 5.74) is 3.20. The average molecular weight is 619 g/mol. The Labute approximate surface area is 241 Å². The van der Waals surface area contributed by atoms with E-state index in [1.165, 1.54) is 16.5 Å². The molecule has 1 aliphatic rings. The van der Waals surface area contributed by atoms with Gasteiger partial charge in [0.05, 0.1) is 12.1 Å². The van der Waals surface area contributed by atoms with Crippen LogP contribution in [0.2, 0.25) is 0 Å². The Hall–Kier alpha value is -4.52. The molecule has 0 aliphatic carbocycles. The van der Waals surface area contributed by atoms with Gasteiger partial charge in [-0.3, -0.25) is 19.1 Å². The number of Topliss-reactive ketones (excluding diaryl/α,β-unsaturated/α-hetero) is 1. The third kappa shape index (κ3) is 5.20. The van der Waals surface area contributed by atoms with Crippen molar-refractivity contribution < 1.29 is 18.8 Å². The molecule has 0 spiro atoms. The molecule has 2 amide bonds. The minimum atomic E-state index is -1.35. The lowest BCUT2D eigenvalue weighted by atomic mass is 10.0. The normalized spacial score (nSPS) is 16.9. The van der Waals surface area contributed by atoms with Gasteiger partial charge in [-0.15, -0.1) is 0 Å². The lowest BCUT2D eigenvalue weighted by Gasteiger charge is -2.23. The van der Waals surface area contributed by atoms with E-state index in [1.807, 2.05) is 37.4 Å². The van der Waals surface area contributed by atoms with Crippen molar-refractivity contribution in [1.82, 2.24) is 34.3 Å². The Kier molecular flexibility index (Phi) is 6.81. The second-order valence-electron chi connectivity index (χ2n) is 9.90. The van der Waals surface area contributed by atoms with E-state index in [1.54, 1.807) is 28.8 Å². The van der Waals surface area contributed by atoms with Crippen molar-refractivity contribution >= 4 is 55.9 Å². The van der Waals surface area contributed by atoms with Gasteiger partial charge in [0.1, 0.15) is 40.7 Å². The van der Waals surface area contributed by atoms with Crippen LogP contribution in [0.15, 0.2) is 59.3 Å². The Bertz CT molecular complexity index is 1850. The van der Waals surface area contributed by atoms with Gasteiger partial charge in [0.2, 0.25) is 11.8 Å². The number of amides is 2. The third-order valence-corrected chi connectivity index (χ3v) is 7.43. The van der Waals surface area contributed by atoms with Crippen LogP contribution in [-0.2, 0) is 16.1 Å². The maximum atomic E-state index is 14.5. The number of anilines is 1. The molecule has 1 N–H and O–H groups in total. The number of hydrogen-bond acceptors (Lipinski definition) is 7. The van der Waals surface area contributed by atoms with E-state index in [9.17, 15) is 18.8 Å². The molecule has 13 heteroatoms. The minimum Gasteiger partial charge on any atom is -0.326 e. The summed E-state index contributed by atoms with van der Waals surface area (Å²) in [6.45, 7) is 2.75. The first-order valence-corrected chi connectivity index (χ1v) is 13.7. The fraction of sp³-hybridized carbons (Fsp3) is 0.250. The molecule has 5 aromatic rings. The summed E-state index contributed by atoms with van der Waals surface area (Å²) < 4.78 is 18.1. The largest absolute Gasteiger partial charge is 0.326 e. The molecule has 41 heavy (non-hydrogen) atoms. The first kappa shape index (κ1) is 26.7. The lowest BCUT2D eigenvalue weighted by Crippen LogP contribution is -2.44. The number of carbonyl (C=O) groups is 3. The molecule has 208 valence electrons. The van der Waals surface area contributed by atoms with Crippen LogP contribution in [0.1, 0.15) is 29.7 Å². The maximum Gasteiger partial charge on any atom is 0.248 e. The van der Waals surface area contributed by atoms with Crippen molar-refractivity contribution in [3.8, 4) is 11.1 Å². The van der Waals surface area contributed by atoms with Gasteiger partial charge in [0, 0.05) is 24.9 Å². The van der Waals surface area contributed by atoms with E-state index < -0.39 is 24.0 Å². The zero-order chi connectivity index (χ0) is 28.8. The summed E-state index contributed by atoms with van der Waals surface area (Å²) in [7, 11) is 0. The number of nitrogens with one attached hydrogen (secondary N) is 1. The van der Waals surface area contributed by atoms with Crippen LogP contribution in [0.3, 0.4) is 0 Å². The standard InChI is InChI=1S/C28H24BrFN8O3/c1-15(39)27-20-10-17(18-8-9-37-25(11-18)31-16(2)34-37)6-7-21(20)38(35-27)14-26(40)36-13-19(30)12-22(36)28(41)33-24-5-3-4-23(29)32-24/h3-11,19,22H,12-14H2,1-2H3,(H,32,33,41)/t19-,22+/m1/s1. The van der Waals surface area contributed by atoms with Crippen molar-refractivity contribution in [2.24, 2.45) is 0 Å². The summed E-state index contributed by atoms with van der Waals surface area (Å²) >= 11 is 3.25. The summed E-state index contributed by atoms with van der Waals surface area (Å²) in [5, 5.41) is 12.0. The van der Waals surface area contributed by atoms with Crippen molar-refractivity contribution in [3.05, 3.63) is 70.8 Å². The van der Waals surface area contributed by atoms with Gasteiger partial charge in [-0.2, -0.15) is 10.2 Å². The monoisotopic (exact) mass is 618 g/mol. The molecule has 1 aromatic carbocycles. The second-order valence-corrected chi connectivity index (χ2v) is 10.7. The van der Waals surface area contributed by atoms with Crippen LogP contribution in [0.5, 0.6) is 0 Å². The number of alkyl halides is 1. The Morgan fingerprint density at radius 2 is 1.88 bits per heavy atom. The number of rotatable bonds is 6. The van der Waals surface area contributed by atoms with Crippen LogP contribution < -0.4 is 5.32 Å². The number of halogens is 2. The molecule has 1 fully saturated rings. The molecule has 2 atom stereocenters. The van der Waals surface area contributed by atoms with Gasteiger partial charge in [-0.25, -0.2) is 18.9 Å². The molecule has 1 aliphatic heterocycles. The van der Waals surface area contributed by atoms with Gasteiger partial charge in [0.15, 0.2) is 11.4 Å². The first-order valence-electron chi connectivity index (χ1n) is 12.9. The smallest absolute Gasteiger partial charge is 0.248 e. The van der Waals surface area contributed by atoms with Crippen molar-refractivity contribution in [1.29, 1.82) is 0 Å². The van der Waals surface area contributed by atoms with Crippen LogP contribution in [0.25, 0.3) is 27.7 Å². The highest BCUT2D eigenvalue weighted by atomic mass is 79.9. The zero-order valence-electron chi connectivity index (χ0n) is 22.1. The van der Waals surface area contributed by atoms with E-state index in [0.717, 1.165) is 11.1 Å². The van der Waals surface area contributed by atoms with E-state index in [0.29, 0.717) is 27.0 Å². The highest BCUT2D eigenvalue weighted by Gasteiger charge is 2.40. The van der Waals surface area contributed by atoms with Crippen LogP contribution >= 0.6 is 15.9 Å². The van der Waals surface area contributed by atoms with E-state index in [4.69, 9.17) is 0 Å². The number of ketones is 1. The number of hydrogen-bond donors (Lipinski definition) is 1. The molecule has 5 heterocycles.